The monoisotopic (exact) mass is 310 g/mol. The van der Waals surface area contributed by atoms with Crippen LogP contribution in [0.2, 0.25) is 0 Å². The summed E-state index contributed by atoms with van der Waals surface area (Å²) in [4.78, 5) is 15.3. The van der Waals surface area contributed by atoms with Crippen molar-refractivity contribution in [2.75, 3.05) is 6.54 Å². The summed E-state index contributed by atoms with van der Waals surface area (Å²) in [6.07, 6.45) is 3.65. The van der Waals surface area contributed by atoms with E-state index >= 15 is 0 Å². The van der Waals surface area contributed by atoms with Crippen molar-refractivity contribution in [2.45, 2.75) is 19.8 Å². The Morgan fingerprint density at radius 3 is 2.87 bits per heavy atom. The topological polar surface area (TPSA) is 86.5 Å². The summed E-state index contributed by atoms with van der Waals surface area (Å²) in [7, 11) is 0. The number of imidazole rings is 1. The number of hydrogen-bond acceptors (Lipinski definition) is 4. The van der Waals surface area contributed by atoms with Crippen molar-refractivity contribution < 1.29 is 4.92 Å². The van der Waals surface area contributed by atoms with Crippen LogP contribution in [-0.2, 0) is 6.42 Å². The zero-order valence-corrected chi connectivity index (χ0v) is 12.9. The fourth-order valence-electron chi connectivity index (χ4n) is 2.71. The molecular formula is C17H18N4O2. The van der Waals surface area contributed by atoms with Crippen LogP contribution in [0.25, 0.3) is 16.9 Å². The second kappa shape index (κ2) is 6.18. The third-order valence-electron chi connectivity index (χ3n) is 3.81. The molecule has 0 saturated heterocycles. The second-order valence-electron chi connectivity index (χ2n) is 5.54. The number of aromatic nitrogens is 2. The standard InChI is InChI=1S/C17H18N4O2/c1-12-7-8-16-19-17(15(6-3-9-18)20(16)11-12)13-4-2-5-14(10-13)21(22)23/h2,4-5,7-8,10-11H,3,6,9,18H2,1H3. The van der Waals surface area contributed by atoms with Crippen molar-refractivity contribution >= 4 is 11.3 Å². The smallest absolute Gasteiger partial charge is 0.270 e. The van der Waals surface area contributed by atoms with Gasteiger partial charge in [0.15, 0.2) is 0 Å². The van der Waals surface area contributed by atoms with Crippen molar-refractivity contribution in [3.05, 3.63) is 64.0 Å². The largest absolute Gasteiger partial charge is 0.330 e. The number of pyridine rings is 1. The molecule has 118 valence electrons. The fourth-order valence-corrected chi connectivity index (χ4v) is 2.71. The van der Waals surface area contributed by atoms with Crippen LogP contribution in [-0.4, -0.2) is 20.9 Å². The van der Waals surface area contributed by atoms with Crippen LogP contribution >= 0.6 is 0 Å². The lowest BCUT2D eigenvalue weighted by Crippen LogP contribution is -2.03. The van der Waals surface area contributed by atoms with E-state index in [0.29, 0.717) is 6.54 Å². The molecule has 23 heavy (non-hydrogen) atoms. The summed E-state index contributed by atoms with van der Waals surface area (Å²) in [6.45, 7) is 2.62. The third kappa shape index (κ3) is 2.93. The van der Waals surface area contributed by atoms with Gasteiger partial charge in [0.25, 0.3) is 5.69 Å². The number of benzene rings is 1. The molecule has 6 nitrogen and oxygen atoms in total. The minimum Gasteiger partial charge on any atom is -0.330 e. The number of nitrogens with two attached hydrogens (primary N) is 1. The van der Waals surface area contributed by atoms with Crippen molar-refractivity contribution in [1.29, 1.82) is 0 Å². The Labute approximate surface area is 133 Å². The number of nitro groups is 1. The number of fused-ring (bicyclic) bond motifs is 1. The summed E-state index contributed by atoms with van der Waals surface area (Å²) in [5.74, 6) is 0. The van der Waals surface area contributed by atoms with Gasteiger partial charge < -0.3 is 10.1 Å². The highest BCUT2D eigenvalue weighted by atomic mass is 16.6. The van der Waals surface area contributed by atoms with E-state index in [1.807, 2.05) is 31.3 Å². The molecule has 3 aromatic rings. The zero-order chi connectivity index (χ0) is 16.4. The van der Waals surface area contributed by atoms with E-state index < -0.39 is 0 Å². The average molecular weight is 310 g/mol. The van der Waals surface area contributed by atoms with Gasteiger partial charge in [-0.1, -0.05) is 18.2 Å². The predicted octanol–water partition coefficient (Wildman–Crippen LogP) is 3.11. The van der Waals surface area contributed by atoms with Gasteiger partial charge in [-0.2, -0.15) is 0 Å². The number of aryl methyl sites for hydroxylation is 2. The first-order valence-electron chi connectivity index (χ1n) is 7.52. The van der Waals surface area contributed by atoms with Crippen LogP contribution in [0.1, 0.15) is 17.7 Å². The lowest BCUT2D eigenvalue weighted by molar-refractivity contribution is -0.384. The first-order chi connectivity index (χ1) is 11.1. The van der Waals surface area contributed by atoms with Gasteiger partial charge in [-0.3, -0.25) is 10.1 Å². The summed E-state index contributed by atoms with van der Waals surface area (Å²) < 4.78 is 2.05. The molecule has 6 heteroatoms. The van der Waals surface area contributed by atoms with Crippen LogP contribution in [0.4, 0.5) is 5.69 Å². The van der Waals surface area contributed by atoms with Gasteiger partial charge in [0, 0.05) is 23.9 Å². The highest BCUT2D eigenvalue weighted by Crippen LogP contribution is 2.28. The van der Waals surface area contributed by atoms with Crippen LogP contribution in [0.15, 0.2) is 42.6 Å². The molecule has 0 radical (unpaired) electrons. The van der Waals surface area contributed by atoms with E-state index in [9.17, 15) is 10.1 Å². The van der Waals surface area contributed by atoms with Crippen molar-refractivity contribution in [3.63, 3.8) is 0 Å². The van der Waals surface area contributed by atoms with E-state index in [1.165, 1.54) is 6.07 Å². The number of nitrogens with zero attached hydrogens (tertiary/aromatic N) is 3. The summed E-state index contributed by atoms with van der Waals surface area (Å²) in [6, 6.07) is 10.6. The minimum atomic E-state index is -0.386. The lowest BCUT2D eigenvalue weighted by Gasteiger charge is -2.05. The van der Waals surface area contributed by atoms with Gasteiger partial charge in [-0.25, -0.2) is 4.98 Å². The van der Waals surface area contributed by atoms with Crippen molar-refractivity contribution in [1.82, 2.24) is 9.38 Å². The van der Waals surface area contributed by atoms with Crippen LogP contribution in [0.5, 0.6) is 0 Å². The average Bonchev–Trinajstić information content (AvgIpc) is 2.90. The molecule has 2 heterocycles. The molecule has 0 bridgehead atoms. The Bertz CT molecular complexity index is 870. The molecule has 0 aliphatic heterocycles. The minimum absolute atomic E-state index is 0.0699. The molecule has 2 N–H and O–H groups in total. The zero-order valence-electron chi connectivity index (χ0n) is 12.9. The first kappa shape index (κ1) is 15.2. The fraction of sp³-hybridized carbons (Fsp3) is 0.235. The Kier molecular flexibility index (Phi) is 4.08. The number of nitro benzene ring substituents is 1. The van der Waals surface area contributed by atoms with Gasteiger partial charge in [0.1, 0.15) is 5.65 Å². The van der Waals surface area contributed by atoms with Gasteiger partial charge in [-0.05, 0) is 37.9 Å². The van der Waals surface area contributed by atoms with E-state index in [1.54, 1.807) is 12.1 Å². The highest BCUT2D eigenvalue weighted by molar-refractivity contribution is 5.68. The van der Waals surface area contributed by atoms with Gasteiger partial charge >= 0.3 is 0 Å². The van der Waals surface area contributed by atoms with Crippen LogP contribution in [0.3, 0.4) is 0 Å². The van der Waals surface area contributed by atoms with Crippen LogP contribution in [0, 0.1) is 17.0 Å². The van der Waals surface area contributed by atoms with Crippen molar-refractivity contribution in [2.24, 2.45) is 5.73 Å². The second-order valence-corrected chi connectivity index (χ2v) is 5.54. The summed E-state index contributed by atoms with van der Waals surface area (Å²) in [5.41, 5.74) is 10.3. The number of rotatable bonds is 5. The quantitative estimate of drug-likeness (QED) is 0.579. The van der Waals surface area contributed by atoms with E-state index in [2.05, 4.69) is 9.38 Å². The molecule has 0 unspecified atom stereocenters. The summed E-state index contributed by atoms with van der Waals surface area (Å²) >= 11 is 0. The van der Waals surface area contributed by atoms with Gasteiger partial charge in [-0.15, -0.1) is 0 Å². The number of hydrogen-bond donors (Lipinski definition) is 1. The molecule has 0 atom stereocenters. The molecule has 0 aliphatic carbocycles. The molecule has 2 aromatic heterocycles. The predicted molar refractivity (Wildman–Crippen MR) is 89.4 cm³/mol. The summed E-state index contributed by atoms with van der Waals surface area (Å²) in [5, 5.41) is 11.0. The molecule has 0 amide bonds. The molecule has 0 fully saturated rings. The first-order valence-corrected chi connectivity index (χ1v) is 7.52. The molecule has 0 spiro atoms. The van der Waals surface area contributed by atoms with E-state index in [-0.39, 0.29) is 10.6 Å². The normalized spacial score (nSPS) is 11.0. The molecule has 0 saturated carbocycles. The highest BCUT2D eigenvalue weighted by Gasteiger charge is 2.16. The lowest BCUT2D eigenvalue weighted by atomic mass is 10.1. The van der Waals surface area contributed by atoms with Gasteiger partial charge in [0.05, 0.1) is 16.3 Å². The molecule has 0 aliphatic rings. The number of non-ortho nitro benzene ring substituents is 1. The van der Waals surface area contributed by atoms with Crippen molar-refractivity contribution in [3.8, 4) is 11.3 Å². The molecule has 1 aromatic carbocycles. The molecule has 3 rings (SSSR count). The maximum absolute atomic E-state index is 11.0. The van der Waals surface area contributed by atoms with Gasteiger partial charge in [0.2, 0.25) is 0 Å². The Hall–Kier alpha value is -2.73. The van der Waals surface area contributed by atoms with E-state index in [4.69, 9.17) is 5.73 Å². The maximum Gasteiger partial charge on any atom is 0.270 e. The molecular weight excluding hydrogens is 292 g/mol. The van der Waals surface area contributed by atoms with Crippen LogP contribution < -0.4 is 5.73 Å². The SMILES string of the molecule is Cc1ccc2nc(-c3cccc([N+](=O)[O-])c3)c(CCCN)n2c1. The maximum atomic E-state index is 11.0. The Balaban J connectivity index is 2.19. The third-order valence-corrected chi connectivity index (χ3v) is 3.81. The Morgan fingerprint density at radius 2 is 2.13 bits per heavy atom. The Morgan fingerprint density at radius 1 is 1.30 bits per heavy atom. The van der Waals surface area contributed by atoms with E-state index in [0.717, 1.165) is 41.0 Å².